The molecule has 0 radical (unpaired) electrons. The molecule has 18 heavy (non-hydrogen) atoms. The molecule has 0 aliphatic rings. The van der Waals surface area contributed by atoms with E-state index in [1.165, 1.54) is 0 Å². The van der Waals surface area contributed by atoms with Gasteiger partial charge in [-0.15, -0.1) is 0 Å². The molecule has 0 saturated carbocycles. The predicted octanol–water partition coefficient (Wildman–Crippen LogP) is 3.49. The van der Waals surface area contributed by atoms with E-state index in [0.29, 0.717) is 0 Å². The average Bonchev–Trinajstić information content (AvgIpc) is 2.15. The fourth-order valence-corrected chi connectivity index (χ4v) is 0.619. The number of hydrogen-bond donors (Lipinski definition) is 0. The molecule has 0 saturated heterocycles. The van der Waals surface area contributed by atoms with E-state index < -0.39 is 35.8 Å². The summed E-state index contributed by atoms with van der Waals surface area (Å²) in [6.45, 7) is -0.147. The Balaban J connectivity index is 5.47. The van der Waals surface area contributed by atoms with Crippen molar-refractivity contribution in [3.05, 3.63) is 12.1 Å². The Morgan fingerprint density at radius 1 is 0.944 bits per heavy atom. The zero-order chi connectivity index (χ0) is 14.9. The Labute approximate surface area is 93.0 Å². The molecule has 0 heterocycles. The van der Waals surface area contributed by atoms with Crippen LogP contribution in [0.5, 0.6) is 0 Å². The molecule has 0 unspecified atom stereocenters. The standard InChI is InChI=1S/C7H3F9O2/c1-2(17)5(11,12)6(13,14)7(15,16)18-4(10)3(8)9/h1H3. The van der Waals surface area contributed by atoms with Crippen molar-refractivity contribution < 1.29 is 49.0 Å². The van der Waals surface area contributed by atoms with Crippen molar-refractivity contribution >= 4 is 5.78 Å². The van der Waals surface area contributed by atoms with Gasteiger partial charge in [-0.3, -0.25) is 4.79 Å². The van der Waals surface area contributed by atoms with E-state index in [1.54, 1.807) is 0 Å². The maximum absolute atomic E-state index is 12.6. The molecule has 0 aliphatic carbocycles. The molecular weight excluding hydrogens is 287 g/mol. The van der Waals surface area contributed by atoms with E-state index in [4.69, 9.17) is 0 Å². The molecule has 0 fully saturated rings. The maximum atomic E-state index is 12.6. The minimum Gasteiger partial charge on any atom is -0.397 e. The van der Waals surface area contributed by atoms with E-state index in [-0.39, 0.29) is 6.92 Å². The Bertz CT molecular complexity index is 369. The lowest BCUT2D eigenvalue weighted by molar-refractivity contribution is -0.383. The Hall–Kier alpha value is -1.42. The highest BCUT2D eigenvalue weighted by atomic mass is 19.4. The number of ether oxygens (including phenoxy) is 1. The summed E-state index contributed by atoms with van der Waals surface area (Å²) < 4.78 is 112. The summed E-state index contributed by atoms with van der Waals surface area (Å²) in [5.41, 5.74) is 0. The van der Waals surface area contributed by atoms with Crippen molar-refractivity contribution in [2.75, 3.05) is 0 Å². The summed E-state index contributed by atoms with van der Waals surface area (Å²) in [4.78, 5) is 10.1. The van der Waals surface area contributed by atoms with Gasteiger partial charge in [0, 0.05) is 6.92 Å². The van der Waals surface area contributed by atoms with Gasteiger partial charge in [-0.1, -0.05) is 0 Å². The molecule has 0 aromatic rings. The van der Waals surface area contributed by atoms with Gasteiger partial charge in [-0.05, 0) is 0 Å². The normalized spacial score (nSPS) is 13.2. The number of hydrogen-bond acceptors (Lipinski definition) is 2. The third kappa shape index (κ3) is 2.70. The van der Waals surface area contributed by atoms with Crippen LogP contribution >= 0.6 is 0 Å². The van der Waals surface area contributed by atoms with Gasteiger partial charge in [-0.2, -0.15) is 39.5 Å². The summed E-state index contributed by atoms with van der Waals surface area (Å²) in [6.07, 6.45) is -9.91. The number of rotatable bonds is 5. The van der Waals surface area contributed by atoms with E-state index in [0.717, 1.165) is 0 Å². The average molecular weight is 290 g/mol. The lowest BCUT2D eigenvalue weighted by Gasteiger charge is -2.29. The summed E-state index contributed by atoms with van der Waals surface area (Å²) in [6, 6.07) is -3.46. The van der Waals surface area contributed by atoms with Crippen molar-refractivity contribution in [2.24, 2.45) is 0 Å². The number of halogens is 9. The van der Waals surface area contributed by atoms with Crippen LogP contribution in [0.4, 0.5) is 39.5 Å². The van der Waals surface area contributed by atoms with Crippen LogP contribution in [0.25, 0.3) is 0 Å². The monoisotopic (exact) mass is 290 g/mol. The Morgan fingerprint density at radius 2 is 1.33 bits per heavy atom. The number of alkyl halides is 6. The molecule has 2 nitrogen and oxygen atoms in total. The van der Waals surface area contributed by atoms with Crippen LogP contribution < -0.4 is 0 Å². The zero-order valence-electron chi connectivity index (χ0n) is 8.22. The van der Waals surface area contributed by atoms with E-state index in [1.807, 2.05) is 0 Å². The van der Waals surface area contributed by atoms with Crippen LogP contribution in [0.1, 0.15) is 6.92 Å². The summed E-state index contributed by atoms with van der Waals surface area (Å²) >= 11 is 0. The van der Waals surface area contributed by atoms with Crippen LogP contribution in [0, 0.1) is 0 Å². The second-order valence-corrected chi connectivity index (χ2v) is 2.86. The van der Waals surface area contributed by atoms with Gasteiger partial charge >= 0.3 is 30.0 Å². The molecule has 11 heteroatoms. The van der Waals surface area contributed by atoms with Crippen LogP contribution in [-0.4, -0.2) is 23.7 Å². The quantitative estimate of drug-likeness (QED) is 0.572. The van der Waals surface area contributed by atoms with Gasteiger partial charge < -0.3 is 4.74 Å². The second kappa shape index (κ2) is 4.69. The molecule has 0 atom stereocenters. The highest BCUT2D eigenvalue weighted by molar-refractivity contribution is 5.84. The van der Waals surface area contributed by atoms with Crippen molar-refractivity contribution in [2.45, 2.75) is 24.9 Å². The summed E-state index contributed by atoms with van der Waals surface area (Å²) in [5, 5.41) is 0. The van der Waals surface area contributed by atoms with Gasteiger partial charge in [0.15, 0.2) is 0 Å². The molecular formula is C7H3F9O2. The molecule has 0 aromatic heterocycles. The van der Waals surface area contributed by atoms with Gasteiger partial charge in [-0.25, -0.2) is 0 Å². The van der Waals surface area contributed by atoms with Crippen molar-refractivity contribution in [1.82, 2.24) is 0 Å². The topological polar surface area (TPSA) is 26.3 Å². The Morgan fingerprint density at radius 3 is 1.61 bits per heavy atom. The number of ketones is 1. The lowest BCUT2D eigenvalue weighted by atomic mass is 10.1. The molecule has 0 amide bonds. The summed E-state index contributed by atoms with van der Waals surface area (Å²) in [7, 11) is 0. The second-order valence-electron chi connectivity index (χ2n) is 2.86. The largest absolute Gasteiger partial charge is 0.473 e. The lowest BCUT2D eigenvalue weighted by Crippen LogP contribution is -2.58. The van der Waals surface area contributed by atoms with Crippen LogP contribution in [-0.2, 0) is 9.53 Å². The third-order valence-corrected chi connectivity index (χ3v) is 1.57. The first-order chi connectivity index (χ1) is 7.77. The first-order valence-corrected chi connectivity index (χ1v) is 3.81. The van der Waals surface area contributed by atoms with Crippen molar-refractivity contribution in [3.63, 3.8) is 0 Å². The Kier molecular flexibility index (Phi) is 4.32. The van der Waals surface area contributed by atoms with Gasteiger partial charge in [0.05, 0.1) is 0 Å². The van der Waals surface area contributed by atoms with E-state index in [2.05, 4.69) is 4.74 Å². The van der Waals surface area contributed by atoms with Crippen LogP contribution in [0.2, 0.25) is 0 Å². The first-order valence-electron chi connectivity index (χ1n) is 3.81. The van der Waals surface area contributed by atoms with Crippen LogP contribution in [0.15, 0.2) is 12.1 Å². The maximum Gasteiger partial charge on any atom is 0.473 e. The number of carbonyl (C=O) groups is 1. The van der Waals surface area contributed by atoms with Crippen LogP contribution in [0.3, 0.4) is 0 Å². The third-order valence-electron chi connectivity index (χ3n) is 1.57. The number of carbonyl (C=O) groups excluding carboxylic acids is 1. The fourth-order valence-electron chi connectivity index (χ4n) is 0.619. The minimum atomic E-state index is -6.52. The van der Waals surface area contributed by atoms with E-state index >= 15 is 0 Å². The van der Waals surface area contributed by atoms with Crippen molar-refractivity contribution in [1.29, 1.82) is 0 Å². The molecule has 0 aliphatic heterocycles. The molecule has 0 N–H and O–H groups in total. The predicted molar refractivity (Wildman–Crippen MR) is 37.0 cm³/mol. The molecule has 0 spiro atoms. The van der Waals surface area contributed by atoms with Gasteiger partial charge in [0.2, 0.25) is 5.78 Å². The highest BCUT2D eigenvalue weighted by Crippen LogP contribution is 2.47. The smallest absolute Gasteiger partial charge is 0.397 e. The van der Waals surface area contributed by atoms with Gasteiger partial charge in [0.1, 0.15) is 0 Å². The SMILES string of the molecule is CC(=O)C(F)(F)C(F)(F)C(F)(F)OC(F)=C(F)F. The zero-order valence-corrected chi connectivity index (χ0v) is 8.22. The first kappa shape index (κ1) is 16.6. The minimum absolute atomic E-state index is 0.147. The van der Waals surface area contributed by atoms with Gasteiger partial charge in [0.25, 0.3) is 0 Å². The number of Topliss-reactive ketones (excluding diaryl/α,β-unsaturated/α-hetero) is 1. The van der Waals surface area contributed by atoms with E-state index in [9.17, 15) is 44.3 Å². The molecule has 106 valence electrons. The molecule has 0 rings (SSSR count). The van der Waals surface area contributed by atoms with Crippen molar-refractivity contribution in [3.8, 4) is 0 Å². The summed E-state index contributed by atoms with van der Waals surface area (Å²) in [5.74, 6) is -15.1. The molecule has 0 aromatic carbocycles. The highest BCUT2D eigenvalue weighted by Gasteiger charge is 2.76. The molecule has 0 bridgehead atoms. The fraction of sp³-hybridized carbons (Fsp3) is 0.571.